The summed E-state index contributed by atoms with van der Waals surface area (Å²) in [6.07, 6.45) is -6.24. The number of alkyl halides is 4. The minimum atomic E-state index is -4.68. The van der Waals surface area contributed by atoms with Crippen LogP contribution in [0.25, 0.3) is 0 Å². The molecule has 0 fully saturated rings. The molecule has 0 aliphatic carbocycles. The molecule has 1 aromatic carbocycles. The fraction of sp³-hybridized carbons (Fsp3) is 0.364. The SMILES string of the molecule is O=C(Nc1ccccc1)C(I)(C[N+](=O)[O-])CC(F)(F)F. The van der Waals surface area contributed by atoms with Gasteiger partial charge in [-0.3, -0.25) is 14.9 Å². The third kappa shape index (κ3) is 5.31. The maximum Gasteiger partial charge on any atom is 0.391 e. The molecule has 0 saturated carbocycles. The number of hydrogen-bond donors (Lipinski definition) is 1. The second-order valence-corrected chi connectivity index (χ2v) is 6.13. The number of rotatable bonds is 5. The molecule has 5 nitrogen and oxygen atoms in total. The van der Waals surface area contributed by atoms with Crippen LogP contribution in [-0.4, -0.2) is 27.0 Å². The minimum absolute atomic E-state index is 0.282. The number of halogens is 4. The average molecular weight is 402 g/mol. The van der Waals surface area contributed by atoms with Gasteiger partial charge in [-0.15, -0.1) is 0 Å². The third-order valence-corrected chi connectivity index (χ3v) is 3.51. The highest BCUT2D eigenvalue weighted by molar-refractivity contribution is 14.1. The quantitative estimate of drug-likeness (QED) is 0.356. The van der Waals surface area contributed by atoms with Gasteiger partial charge in [-0.1, -0.05) is 40.8 Å². The fourth-order valence-electron chi connectivity index (χ4n) is 1.49. The van der Waals surface area contributed by atoms with Crippen molar-refractivity contribution in [1.82, 2.24) is 0 Å². The van der Waals surface area contributed by atoms with Gasteiger partial charge in [0, 0.05) is 10.6 Å². The predicted octanol–water partition coefficient (Wildman–Crippen LogP) is 3.03. The molecular formula is C11H10F3IN2O3. The zero-order valence-corrected chi connectivity index (χ0v) is 12.1. The van der Waals surface area contributed by atoms with Crippen LogP contribution in [0, 0.1) is 10.1 Å². The number of anilines is 1. The molecule has 9 heteroatoms. The highest BCUT2D eigenvalue weighted by Gasteiger charge is 2.49. The number of nitrogens with one attached hydrogen (secondary N) is 1. The highest BCUT2D eigenvalue weighted by atomic mass is 127. The Bertz CT molecular complexity index is 495. The van der Waals surface area contributed by atoms with Crippen LogP contribution in [0.3, 0.4) is 0 Å². The molecule has 1 amide bonds. The first-order valence-electron chi connectivity index (χ1n) is 5.36. The summed E-state index contributed by atoms with van der Waals surface area (Å²) in [5.74, 6) is -1.04. The van der Waals surface area contributed by atoms with Gasteiger partial charge in [0.25, 0.3) is 0 Å². The molecule has 0 radical (unpaired) electrons. The van der Waals surface area contributed by atoms with Gasteiger partial charge in [0.2, 0.25) is 12.5 Å². The Kier molecular flexibility index (Phi) is 5.31. The minimum Gasteiger partial charge on any atom is -0.325 e. The molecule has 1 unspecified atom stereocenters. The summed E-state index contributed by atoms with van der Waals surface area (Å²) in [6, 6.07) is 7.80. The number of carbonyl (C=O) groups excluding carboxylic acids is 1. The van der Waals surface area contributed by atoms with Crippen LogP contribution in [0.2, 0.25) is 0 Å². The molecule has 1 atom stereocenters. The molecule has 110 valence electrons. The number of amides is 1. The lowest BCUT2D eigenvalue weighted by Gasteiger charge is -2.23. The molecule has 1 N–H and O–H groups in total. The van der Waals surface area contributed by atoms with E-state index in [0.717, 1.165) is 0 Å². The van der Waals surface area contributed by atoms with Crippen molar-refractivity contribution in [3.8, 4) is 0 Å². The molecule has 0 aromatic heterocycles. The molecule has 20 heavy (non-hydrogen) atoms. The van der Waals surface area contributed by atoms with Crippen LogP contribution in [0.1, 0.15) is 6.42 Å². The van der Waals surface area contributed by atoms with Gasteiger partial charge in [-0.2, -0.15) is 13.2 Å². The normalized spacial score (nSPS) is 14.4. The smallest absolute Gasteiger partial charge is 0.325 e. The van der Waals surface area contributed by atoms with E-state index in [4.69, 9.17) is 0 Å². The molecule has 0 saturated heterocycles. The highest BCUT2D eigenvalue weighted by Crippen LogP contribution is 2.35. The van der Waals surface area contributed by atoms with E-state index in [2.05, 4.69) is 5.32 Å². The second kappa shape index (κ2) is 6.37. The second-order valence-electron chi connectivity index (χ2n) is 4.07. The largest absolute Gasteiger partial charge is 0.391 e. The van der Waals surface area contributed by atoms with Crippen molar-refractivity contribution in [2.45, 2.75) is 16.0 Å². The third-order valence-electron chi connectivity index (χ3n) is 2.30. The van der Waals surface area contributed by atoms with Crippen molar-refractivity contribution in [3.63, 3.8) is 0 Å². The number of nitrogens with zero attached hydrogens (tertiary/aromatic N) is 1. The Hall–Kier alpha value is -1.39. The molecular weight excluding hydrogens is 392 g/mol. The first-order chi connectivity index (χ1) is 9.12. The van der Waals surface area contributed by atoms with Crippen molar-refractivity contribution in [3.05, 3.63) is 40.4 Å². The predicted molar refractivity (Wildman–Crippen MR) is 74.4 cm³/mol. The molecule has 1 aromatic rings. The van der Waals surface area contributed by atoms with E-state index < -0.39 is 33.4 Å². The molecule has 0 heterocycles. The van der Waals surface area contributed by atoms with Gasteiger partial charge in [0.1, 0.15) is 0 Å². The van der Waals surface area contributed by atoms with Gasteiger partial charge in [0.05, 0.1) is 6.42 Å². The molecule has 1 rings (SSSR count). The lowest BCUT2D eigenvalue weighted by molar-refractivity contribution is -0.482. The van der Waals surface area contributed by atoms with Crippen LogP contribution < -0.4 is 5.32 Å². The van der Waals surface area contributed by atoms with Crippen molar-refractivity contribution in [2.75, 3.05) is 11.9 Å². The summed E-state index contributed by atoms with van der Waals surface area (Å²) in [6.45, 7) is -1.11. The summed E-state index contributed by atoms with van der Waals surface area (Å²) in [7, 11) is 0. The Morgan fingerprint density at radius 3 is 2.30 bits per heavy atom. The zero-order chi connectivity index (χ0) is 15.4. The lowest BCUT2D eigenvalue weighted by atomic mass is 10.0. The van der Waals surface area contributed by atoms with Crippen LogP contribution in [0.15, 0.2) is 30.3 Å². The summed E-state index contributed by atoms with van der Waals surface area (Å²) in [4.78, 5) is 21.5. The van der Waals surface area contributed by atoms with Crippen LogP contribution in [0.5, 0.6) is 0 Å². The van der Waals surface area contributed by atoms with E-state index in [9.17, 15) is 28.1 Å². The van der Waals surface area contributed by atoms with Crippen molar-refractivity contribution in [1.29, 1.82) is 0 Å². The topological polar surface area (TPSA) is 72.2 Å². The Morgan fingerprint density at radius 1 is 1.30 bits per heavy atom. The standard InChI is InChI=1S/C11H10F3IN2O3/c12-11(13,14)6-10(15,7-17(19)20)9(18)16-8-4-2-1-3-5-8/h1-5H,6-7H2,(H,16,18). The Balaban J connectivity index is 2.92. The number of hydrogen-bond acceptors (Lipinski definition) is 3. The average Bonchev–Trinajstić information content (AvgIpc) is 2.26. The summed E-state index contributed by atoms with van der Waals surface area (Å²) in [5, 5.41) is 12.8. The summed E-state index contributed by atoms with van der Waals surface area (Å²) >= 11 is 1.19. The monoisotopic (exact) mass is 402 g/mol. The number of benzene rings is 1. The molecule has 0 bridgehead atoms. The van der Waals surface area contributed by atoms with E-state index in [1.807, 2.05) is 0 Å². The van der Waals surface area contributed by atoms with Crippen LogP contribution in [-0.2, 0) is 4.79 Å². The van der Waals surface area contributed by atoms with Crippen LogP contribution in [0.4, 0.5) is 18.9 Å². The Labute approximate surface area is 125 Å². The summed E-state index contributed by atoms with van der Waals surface area (Å²) < 4.78 is 35.3. The van der Waals surface area contributed by atoms with E-state index in [1.165, 1.54) is 34.7 Å². The van der Waals surface area contributed by atoms with Crippen molar-refractivity contribution < 1.29 is 22.9 Å². The number of carbonyl (C=O) groups is 1. The van der Waals surface area contributed by atoms with Gasteiger partial charge in [-0.25, -0.2) is 0 Å². The van der Waals surface area contributed by atoms with E-state index in [1.54, 1.807) is 18.2 Å². The van der Waals surface area contributed by atoms with Gasteiger partial charge < -0.3 is 5.32 Å². The fourth-order valence-corrected chi connectivity index (χ4v) is 2.34. The molecule has 0 aliphatic heterocycles. The van der Waals surface area contributed by atoms with Crippen molar-refractivity contribution >= 4 is 34.2 Å². The lowest BCUT2D eigenvalue weighted by Crippen LogP contribution is -2.46. The Morgan fingerprint density at radius 2 is 1.85 bits per heavy atom. The zero-order valence-electron chi connectivity index (χ0n) is 9.98. The molecule has 0 spiro atoms. The van der Waals surface area contributed by atoms with E-state index in [0.29, 0.717) is 0 Å². The maximum atomic E-state index is 12.5. The molecule has 0 aliphatic rings. The van der Waals surface area contributed by atoms with E-state index in [-0.39, 0.29) is 5.69 Å². The van der Waals surface area contributed by atoms with E-state index >= 15 is 0 Å². The van der Waals surface area contributed by atoms with Crippen LogP contribution >= 0.6 is 22.6 Å². The van der Waals surface area contributed by atoms with Gasteiger partial charge in [0.15, 0.2) is 3.42 Å². The first-order valence-corrected chi connectivity index (χ1v) is 6.44. The van der Waals surface area contributed by atoms with Gasteiger partial charge in [-0.05, 0) is 12.1 Å². The van der Waals surface area contributed by atoms with Crippen molar-refractivity contribution in [2.24, 2.45) is 0 Å². The van der Waals surface area contributed by atoms with Gasteiger partial charge >= 0.3 is 6.18 Å². The summed E-state index contributed by atoms with van der Waals surface area (Å²) in [5.41, 5.74) is 0.282. The first kappa shape index (κ1) is 16.7. The number of nitro groups is 1. The maximum absolute atomic E-state index is 12.5. The number of para-hydroxylation sites is 1.